The molecule has 0 amide bonds. The van der Waals surface area contributed by atoms with E-state index in [0.29, 0.717) is 0 Å². The lowest BCUT2D eigenvalue weighted by Gasteiger charge is -2.35. The van der Waals surface area contributed by atoms with Gasteiger partial charge in [0.25, 0.3) is 0 Å². The Morgan fingerprint density at radius 3 is 0.918 bits per heavy atom. The van der Waals surface area contributed by atoms with Gasteiger partial charge in [-0.2, -0.15) is 0 Å². The van der Waals surface area contributed by atoms with Crippen LogP contribution in [0.1, 0.15) is 44.5 Å². The topological polar surface area (TPSA) is 6.48 Å². The van der Waals surface area contributed by atoms with E-state index in [4.69, 9.17) is 0 Å². The second kappa shape index (κ2) is 30.1. The fourth-order valence-electron chi connectivity index (χ4n) is 20.0. The minimum absolute atomic E-state index is 0.497. The monoisotopic (exact) mass is 1590 g/mol. The Labute approximate surface area is 718 Å². The third-order valence-corrected chi connectivity index (χ3v) is 28.0. The Balaban J connectivity index is 0.000000142. The maximum atomic E-state index is 2.46. The molecule has 4 heteroatoms. The van der Waals surface area contributed by atoms with Gasteiger partial charge in [0.1, 0.15) is 0 Å². The van der Waals surface area contributed by atoms with E-state index in [1.54, 1.807) is 0 Å². The lowest BCUT2D eigenvalue weighted by molar-refractivity contribution is 0.768. The predicted molar refractivity (Wildman–Crippen MR) is 519 cm³/mol. The van der Waals surface area contributed by atoms with Crippen LogP contribution in [-0.4, -0.2) is 0 Å². The van der Waals surface area contributed by atoms with Crippen molar-refractivity contribution in [1.29, 1.82) is 0 Å². The normalized spacial score (nSPS) is 12.7. The van der Waals surface area contributed by atoms with Crippen LogP contribution in [0.15, 0.2) is 473 Å². The molecular weight excluding hydrogens is 1510 g/mol. The van der Waals surface area contributed by atoms with E-state index in [0.717, 1.165) is 34.1 Å². The summed E-state index contributed by atoms with van der Waals surface area (Å²) in [5.41, 5.74) is 30.8. The molecule has 20 aromatic carbocycles. The summed E-state index contributed by atoms with van der Waals surface area (Å²) in [4.78, 5) is 4.86. The Bertz CT molecular complexity index is 7630. The summed E-state index contributed by atoms with van der Waals surface area (Å²) in [6.07, 6.45) is 0. The molecule has 0 radical (unpaired) electrons. The number of hydrogen-bond donors (Lipinski definition) is 0. The highest BCUT2D eigenvalue weighted by Crippen LogP contribution is 2.60. The quantitative estimate of drug-likeness (QED) is 0.107. The molecule has 2 aromatic heterocycles. The van der Waals surface area contributed by atoms with Gasteiger partial charge in [-0.25, -0.2) is 0 Å². The van der Waals surface area contributed by atoms with Crippen molar-refractivity contribution in [2.24, 2.45) is 0 Å². The molecule has 2 nitrogen and oxygen atoms in total. The summed E-state index contributed by atoms with van der Waals surface area (Å²) in [5, 5.41) is 10.3. The van der Waals surface area contributed by atoms with Crippen molar-refractivity contribution in [3.8, 4) is 66.8 Å². The number of thiophene rings is 2. The molecule has 0 bridgehead atoms. The van der Waals surface area contributed by atoms with Crippen molar-refractivity contribution in [3.05, 3.63) is 518 Å². The van der Waals surface area contributed by atoms with Crippen LogP contribution < -0.4 is 9.80 Å². The Morgan fingerprint density at radius 1 is 0.164 bits per heavy atom. The lowest BCUT2D eigenvalue weighted by Crippen LogP contribution is -2.28. The standard InChI is InChI=1S/2C59H39NS/c1-3-17-43(18-4-1)59(44-19-5-2-6-20-44)55-27-11-9-22-51(55)52-38-37-47(39-56(52)59)60(45-33-29-41(30-34-45)49-24-13-16-40-15-7-8-21-48(40)49)46-35-31-42(32-36-46)50-25-14-26-54-53-23-10-12-28-57(53)61-58(50)54;1-3-16-45(17-4-1)59(46-18-5-2-6-19-46)55-24-11-9-20-51(55)52-37-36-49(39-56(52)59)60(47-32-28-41(29-33-47)44-27-26-40-14-7-8-15-43(40)38-44)48-34-30-42(31-35-48)50-22-13-23-54-53-21-10-12-25-57(53)61-58(50)54/h2*1-39H. The van der Waals surface area contributed by atoms with Crippen LogP contribution in [0.5, 0.6) is 0 Å². The number of hydrogen-bond acceptors (Lipinski definition) is 4. The lowest BCUT2D eigenvalue weighted by atomic mass is 9.67. The smallest absolute Gasteiger partial charge is 0.0714 e. The van der Waals surface area contributed by atoms with Gasteiger partial charge >= 0.3 is 0 Å². The van der Waals surface area contributed by atoms with Gasteiger partial charge in [-0.3, -0.25) is 0 Å². The van der Waals surface area contributed by atoms with Gasteiger partial charge in [-0.15, -0.1) is 22.7 Å². The summed E-state index contributed by atoms with van der Waals surface area (Å²) < 4.78 is 5.30. The van der Waals surface area contributed by atoms with Gasteiger partial charge in [0.15, 0.2) is 0 Å². The van der Waals surface area contributed by atoms with Crippen molar-refractivity contribution in [3.63, 3.8) is 0 Å². The molecule has 24 rings (SSSR count). The van der Waals surface area contributed by atoms with Gasteiger partial charge in [0.2, 0.25) is 0 Å². The molecule has 0 aliphatic heterocycles. The number of nitrogens with zero attached hydrogens (tertiary/aromatic N) is 2. The summed E-state index contributed by atoms with van der Waals surface area (Å²) in [6, 6.07) is 175. The second-order valence-electron chi connectivity index (χ2n) is 32.0. The van der Waals surface area contributed by atoms with Crippen molar-refractivity contribution >= 4 is 119 Å². The number of benzene rings is 20. The zero-order chi connectivity index (χ0) is 80.7. The minimum Gasteiger partial charge on any atom is -0.310 e. The van der Waals surface area contributed by atoms with Crippen molar-refractivity contribution < 1.29 is 0 Å². The minimum atomic E-state index is -0.499. The Hall–Kier alpha value is -15.0. The van der Waals surface area contributed by atoms with Crippen molar-refractivity contribution in [2.45, 2.75) is 10.8 Å². The Kier molecular flexibility index (Phi) is 17.8. The molecule has 22 aromatic rings. The summed E-state index contributed by atoms with van der Waals surface area (Å²) in [6.45, 7) is 0. The first-order valence-electron chi connectivity index (χ1n) is 42.0. The van der Waals surface area contributed by atoms with E-state index in [1.807, 2.05) is 22.7 Å². The molecule has 2 aliphatic rings. The fourth-order valence-corrected chi connectivity index (χ4v) is 22.5. The molecule has 2 aliphatic carbocycles. The van der Waals surface area contributed by atoms with Crippen LogP contribution in [0.2, 0.25) is 0 Å². The molecule has 572 valence electrons. The maximum absolute atomic E-state index is 2.46. The first-order valence-corrected chi connectivity index (χ1v) is 43.6. The van der Waals surface area contributed by atoms with Crippen molar-refractivity contribution in [1.82, 2.24) is 0 Å². The second-order valence-corrected chi connectivity index (χ2v) is 34.1. The van der Waals surface area contributed by atoms with E-state index in [2.05, 4.69) is 483 Å². The Morgan fingerprint density at radius 2 is 0.467 bits per heavy atom. The largest absolute Gasteiger partial charge is 0.310 e. The predicted octanol–water partition coefficient (Wildman–Crippen LogP) is 32.7. The van der Waals surface area contributed by atoms with Crippen LogP contribution in [0, 0.1) is 0 Å². The zero-order valence-corrected chi connectivity index (χ0v) is 68.4. The molecule has 0 saturated heterocycles. The third-order valence-electron chi connectivity index (χ3n) is 25.5. The molecule has 2 heterocycles. The van der Waals surface area contributed by atoms with E-state index in [-0.39, 0.29) is 0 Å². The summed E-state index contributed by atoms with van der Waals surface area (Å²) in [7, 11) is 0. The molecule has 122 heavy (non-hydrogen) atoms. The number of rotatable bonds is 14. The third kappa shape index (κ3) is 12.0. The van der Waals surface area contributed by atoms with Crippen LogP contribution in [0.25, 0.3) is 129 Å². The van der Waals surface area contributed by atoms with E-state index < -0.39 is 10.8 Å². The van der Waals surface area contributed by atoms with Gasteiger partial charge in [-0.05, 0) is 224 Å². The van der Waals surface area contributed by atoms with E-state index in [1.165, 1.54) is 173 Å². The highest BCUT2D eigenvalue weighted by atomic mass is 32.1. The molecular formula is C118H78N2S2. The molecule has 0 atom stereocenters. The van der Waals surface area contributed by atoms with Crippen LogP contribution in [-0.2, 0) is 10.8 Å². The van der Waals surface area contributed by atoms with Gasteiger partial charge in [-0.1, -0.05) is 382 Å². The van der Waals surface area contributed by atoms with Crippen LogP contribution in [0.3, 0.4) is 0 Å². The van der Waals surface area contributed by atoms with Gasteiger partial charge < -0.3 is 9.80 Å². The molecule has 0 fully saturated rings. The zero-order valence-electron chi connectivity index (χ0n) is 66.7. The van der Waals surface area contributed by atoms with E-state index in [9.17, 15) is 0 Å². The maximum Gasteiger partial charge on any atom is 0.0714 e. The molecule has 0 N–H and O–H groups in total. The molecule has 0 saturated carbocycles. The number of fused-ring (bicyclic) bond motifs is 14. The van der Waals surface area contributed by atoms with Gasteiger partial charge in [0.05, 0.1) is 10.8 Å². The molecule has 0 unspecified atom stereocenters. The fraction of sp³-hybridized carbons (Fsp3) is 0.0169. The highest BCUT2D eigenvalue weighted by molar-refractivity contribution is 7.26. The average Bonchev–Trinajstić information content (AvgIpc) is 1.54. The SMILES string of the molecule is c1ccc(C2(c3ccccc3)c3ccccc3-c3ccc(N(c4ccc(-c5ccc6ccccc6c5)cc4)c4ccc(-c5cccc6c5sc5ccccc56)cc4)cc32)cc1.c1ccc(C2(c3ccccc3)c3ccccc3-c3ccc(N(c4ccc(-c5cccc6ccccc56)cc4)c4ccc(-c5cccc6c5sc5ccccc56)cc4)cc32)cc1. The first kappa shape index (κ1) is 72.2. The van der Waals surface area contributed by atoms with E-state index >= 15 is 0 Å². The molecule has 0 spiro atoms. The van der Waals surface area contributed by atoms with Crippen molar-refractivity contribution in [2.75, 3.05) is 9.80 Å². The summed E-state index contributed by atoms with van der Waals surface area (Å²) >= 11 is 3.76. The first-order chi connectivity index (χ1) is 60.5. The number of anilines is 6. The van der Waals surface area contributed by atoms with Gasteiger partial charge in [0, 0.05) is 74.5 Å². The van der Waals surface area contributed by atoms with Crippen LogP contribution >= 0.6 is 22.7 Å². The average molecular weight is 1590 g/mol. The summed E-state index contributed by atoms with van der Waals surface area (Å²) in [5.74, 6) is 0. The highest BCUT2D eigenvalue weighted by Gasteiger charge is 2.48. The van der Waals surface area contributed by atoms with Crippen LogP contribution in [0.4, 0.5) is 34.1 Å².